The van der Waals surface area contributed by atoms with Crippen LogP contribution in [-0.4, -0.2) is 41.0 Å². The van der Waals surface area contributed by atoms with Crippen LogP contribution in [0.15, 0.2) is 24.5 Å². The number of amides is 3. The maximum Gasteiger partial charge on any atom is 0.329 e. The van der Waals surface area contributed by atoms with Gasteiger partial charge in [-0.2, -0.15) is 0 Å². The van der Waals surface area contributed by atoms with Gasteiger partial charge in [0.05, 0.1) is 11.8 Å². The van der Waals surface area contributed by atoms with Crippen molar-refractivity contribution in [2.24, 2.45) is 5.92 Å². The lowest BCUT2D eigenvalue weighted by Crippen LogP contribution is -2.50. The number of anilines is 1. The third-order valence-corrected chi connectivity index (χ3v) is 4.60. The number of nitrogens with zero attached hydrogens (tertiary/aromatic N) is 3. The zero-order chi connectivity index (χ0) is 17.2. The predicted octanol–water partition coefficient (Wildman–Crippen LogP) is 1.13. The Morgan fingerprint density at radius 1 is 1.24 bits per heavy atom. The van der Waals surface area contributed by atoms with Crippen molar-refractivity contribution < 1.29 is 9.59 Å². The molecule has 0 spiro atoms. The van der Waals surface area contributed by atoms with E-state index >= 15 is 0 Å². The average molecular weight is 337 g/mol. The van der Waals surface area contributed by atoms with Gasteiger partial charge in [0.25, 0.3) is 0 Å². The van der Waals surface area contributed by atoms with Crippen LogP contribution in [0.4, 0.5) is 10.6 Å². The van der Waals surface area contributed by atoms with Gasteiger partial charge >= 0.3 is 6.03 Å². The zero-order valence-corrected chi connectivity index (χ0v) is 13.8. The third kappa shape index (κ3) is 3.08. The van der Waals surface area contributed by atoms with E-state index in [1.54, 1.807) is 6.20 Å². The molecule has 2 aromatic rings. The Morgan fingerprint density at radius 3 is 2.88 bits per heavy atom. The van der Waals surface area contributed by atoms with Crippen LogP contribution in [0.3, 0.4) is 0 Å². The number of rotatable bonds is 1. The highest BCUT2D eigenvalue weighted by atomic mass is 16.2. The largest absolute Gasteiger partial charge is 0.329 e. The topological polar surface area (TPSA) is 78.7 Å². The second-order valence-corrected chi connectivity index (χ2v) is 6.28. The Hall–Kier alpha value is -2.85. The van der Waals surface area contributed by atoms with E-state index in [1.807, 2.05) is 22.7 Å². The van der Waals surface area contributed by atoms with E-state index in [9.17, 15) is 9.59 Å². The van der Waals surface area contributed by atoms with Gasteiger partial charge in [-0.1, -0.05) is 11.8 Å². The van der Waals surface area contributed by atoms with Crippen LogP contribution >= 0.6 is 0 Å². The van der Waals surface area contributed by atoms with Crippen LogP contribution < -0.4 is 15.5 Å². The predicted molar refractivity (Wildman–Crippen MR) is 93.2 cm³/mol. The van der Waals surface area contributed by atoms with E-state index in [2.05, 4.69) is 27.5 Å². The van der Waals surface area contributed by atoms with Gasteiger partial charge < -0.3 is 5.32 Å². The van der Waals surface area contributed by atoms with Crippen molar-refractivity contribution in [2.45, 2.75) is 19.3 Å². The number of piperidine rings is 1. The van der Waals surface area contributed by atoms with Crippen LogP contribution in [0.25, 0.3) is 5.65 Å². The third-order valence-electron chi connectivity index (χ3n) is 4.60. The first-order chi connectivity index (χ1) is 12.2. The lowest BCUT2D eigenvalue weighted by molar-refractivity contribution is -0.120. The average Bonchev–Trinajstić information content (AvgIpc) is 3.05. The first kappa shape index (κ1) is 15.7. The number of imide groups is 1. The summed E-state index contributed by atoms with van der Waals surface area (Å²) in [6.45, 7) is 2.38. The van der Waals surface area contributed by atoms with E-state index in [4.69, 9.17) is 0 Å². The minimum Gasteiger partial charge on any atom is -0.317 e. The van der Waals surface area contributed by atoms with Crippen LogP contribution in [-0.2, 0) is 4.79 Å². The zero-order valence-electron chi connectivity index (χ0n) is 13.8. The van der Waals surface area contributed by atoms with Crippen molar-refractivity contribution >= 4 is 23.4 Å². The minimum absolute atomic E-state index is 0.247. The Kier molecular flexibility index (Phi) is 4.12. The number of carbonyl (C=O) groups excluding carboxylic acids is 2. The molecule has 7 nitrogen and oxygen atoms in total. The maximum absolute atomic E-state index is 12.1. The molecule has 2 fully saturated rings. The first-order valence-corrected chi connectivity index (χ1v) is 8.52. The van der Waals surface area contributed by atoms with E-state index in [1.165, 1.54) is 4.90 Å². The van der Waals surface area contributed by atoms with Gasteiger partial charge in [0.15, 0.2) is 5.65 Å². The summed E-state index contributed by atoms with van der Waals surface area (Å²) in [7, 11) is 0. The minimum atomic E-state index is -0.413. The monoisotopic (exact) mass is 337 g/mol. The van der Waals surface area contributed by atoms with Gasteiger partial charge in [0, 0.05) is 25.1 Å². The highest BCUT2D eigenvalue weighted by molar-refractivity contribution is 6.05. The number of imidazole rings is 1. The summed E-state index contributed by atoms with van der Waals surface area (Å²) in [5.41, 5.74) is 1.57. The molecule has 128 valence electrons. The highest BCUT2D eigenvalue weighted by Crippen LogP contribution is 2.21. The standard InChI is InChI=1S/C18H19N5O2/c24-15-7-11-23(18(25)21-15)16-12-20-17-14(2-1-10-22(16)17)4-3-13-5-8-19-9-6-13/h1-2,10,12-13,19H,5-9,11H2,(H,21,24,25). The van der Waals surface area contributed by atoms with Gasteiger partial charge in [-0.15, -0.1) is 0 Å². The molecule has 3 amide bonds. The molecule has 2 N–H and O–H groups in total. The Balaban J connectivity index is 1.65. The number of carbonyl (C=O) groups is 2. The quantitative estimate of drug-likeness (QED) is 0.765. The molecule has 0 bridgehead atoms. The lowest BCUT2D eigenvalue weighted by Gasteiger charge is -2.25. The van der Waals surface area contributed by atoms with Crippen LogP contribution in [0.5, 0.6) is 0 Å². The Bertz CT molecular complexity index is 886. The van der Waals surface area contributed by atoms with Gasteiger partial charge in [0.1, 0.15) is 5.82 Å². The maximum atomic E-state index is 12.1. The Labute approximate surface area is 145 Å². The fourth-order valence-electron chi connectivity index (χ4n) is 3.22. The molecule has 2 aliphatic heterocycles. The SMILES string of the molecule is O=C1CCN(c2cnc3c(C#CC4CCNCC4)cccn23)C(=O)N1. The number of nitrogens with one attached hydrogen (secondary N) is 2. The molecule has 0 aromatic carbocycles. The van der Waals surface area contributed by atoms with Crippen molar-refractivity contribution in [1.82, 2.24) is 20.0 Å². The number of pyridine rings is 1. The summed E-state index contributed by atoms with van der Waals surface area (Å²) in [5, 5.41) is 5.68. The van der Waals surface area contributed by atoms with Crippen LogP contribution in [0, 0.1) is 17.8 Å². The van der Waals surface area contributed by atoms with Crippen molar-refractivity contribution in [3.05, 3.63) is 30.1 Å². The molecule has 2 aromatic heterocycles. The summed E-state index contributed by atoms with van der Waals surface area (Å²) in [4.78, 5) is 29.4. The molecule has 0 radical (unpaired) electrons. The fourth-order valence-corrected chi connectivity index (χ4v) is 3.22. The molecule has 0 saturated carbocycles. The lowest BCUT2D eigenvalue weighted by atomic mass is 9.98. The van der Waals surface area contributed by atoms with E-state index in [-0.39, 0.29) is 12.3 Å². The molecule has 4 rings (SSSR count). The summed E-state index contributed by atoms with van der Waals surface area (Å²) < 4.78 is 1.85. The van der Waals surface area contributed by atoms with Crippen molar-refractivity contribution in [3.63, 3.8) is 0 Å². The molecular formula is C18H19N5O2. The molecule has 0 unspecified atom stereocenters. The van der Waals surface area contributed by atoms with E-state index < -0.39 is 6.03 Å². The summed E-state index contributed by atoms with van der Waals surface area (Å²) in [5.74, 6) is 7.42. The second kappa shape index (κ2) is 6.57. The number of urea groups is 1. The molecule has 0 atom stereocenters. The molecule has 7 heteroatoms. The fraction of sp³-hybridized carbons (Fsp3) is 0.389. The molecule has 25 heavy (non-hydrogen) atoms. The van der Waals surface area contributed by atoms with Crippen molar-refractivity contribution in [1.29, 1.82) is 0 Å². The molecular weight excluding hydrogens is 318 g/mol. The van der Waals surface area contributed by atoms with Crippen molar-refractivity contribution in [3.8, 4) is 11.8 Å². The molecule has 0 aliphatic carbocycles. The number of aromatic nitrogens is 2. The van der Waals surface area contributed by atoms with Crippen LogP contribution in [0.1, 0.15) is 24.8 Å². The molecule has 4 heterocycles. The molecule has 2 saturated heterocycles. The normalized spacial score (nSPS) is 18.8. The number of fused-ring (bicyclic) bond motifs is 1. The van der Waals surface area contributed by atoms with E-state index in [0.29, 0.717) is 18.3 Å². The highest BCUT2D eigenvalue weighted by Gasteiger charge is 2.26. The van der Waals surface area contributed by atoms with Crippen molar-refractivity contribution in [2.75, 3.05) is 24.5 Å². The second-order valence-electron chi connectivity index (χ2n) is 6.28. The first-order valence-electron chi connectivity index (χ1n) is 8.52. The summed E-state index contributed by atoms with van der Waals surface area (Å²) in [6.07, 6.45) is 5.93. The summed E-state index contributed by atoms with van der Waals surface area (Å²) >= 11 is 0. The molecule has 2 aliphatic rings. The number of hydrogen-bond acceptors (Lipinski definition) is 4. The van der Waals surface area contributed by atoms with Gasteiger partial charge in [-0.3, -0.25) is 19.4 Å². The van der Waals surface area contributed by atoms with Gasteiger partial charge in [0.2, 0.25) is 5.91 Å². The summed E-state index contributed by atoms with van der Waals surface area (Å²) in [6, 6.07) is 3.43. The Morgan fingerprint density at radius 2 is 2.08 bits per heavy atom. The number of hydrogen-bond donors (Lipinski definition) is 2. The van der Waals surface area contributed by atoms with Crippen LogP contribution in [0.2, 0.25) is 0 Å². The van der Waals surface area contributed by atoms with E-state index in [0.717, 1.165) is 37.1 Å². The van der Waals surface area contributed by atoms with Gasteiger partial charge in [-0.25, -0.2) is 9.78 Å². The smallest absolute Gasteiger partial charge is 0.317 e. The van der Waals surface area contributed by atoms with Gasteiger partial charge in [-0.05, 0) is 38.1 Å².